The number of aryl methyl sites for hydroxylation is 1. The molecule has 2 aliphatic rings. The molecular weight excluding hydrogens is 339 g/mol. The third-order valence-corrected chi connectivity index (χ3v) is 4.40. The molecular formula is C15H18F3N5O2. The first-order valence-corrected chi connectivity index (χ1v) is 7.99. The molecule has 0 unspecified atom stereocenters. The molecule has 3 rings (SSSR count). The molecule has 0 saturated carbocycles. The van der Waals surface area contributed by atoms with E-state index in [1.807, 2.05) is 0 Å². The zero-order valence-electron chi connectivity index (χ0n) is 13.6. The smallest absolute Gasteiger partial charge is 0.351 e. The number of alkyl halides is 3. The van der Waals surface area contributed by atoms with Crippen LogP contribution >= 0.6 is 0 Å². The van der Waals surface area contributed by atoms with Crippen molar-refractivity contribution in [1.29, 1.82) is 0 Å². The maximum atomic E-state index is 12.7. The van der Waals surface area contributed by atoms with Gasteiger partial charge in [-0.25, -0.2) is 9.99 Å². The fourth-order valence-electron chi connectivity index (χ4n) is 2.99. The monoisotopic (exact) mass is 357 g/mol. The van der Waals surface area contributed by atoms with Crippen molar-refractivity contribution >= 4 is 17.5 Å². The van der Waals surface area contributed by atoms with Crippen molar-refractivity contribution in [1.82, 2.24) is 19.9 Å². The third-order valence-electron chi connectivity index (χ3n) is 4.40. The molecule has 7 nitrogen and oxygen atoms in total. The highest BCUT2D eigenvalue weighted by molar-refractivity contribution is 6.39. The standard InChI is InChI=1S/C15H18F3N5O2/c1-22-13(24)5-3-10(21-22)14(25)19-6-9-2-4-12-20-11(15(16,17)18)8-23(12)7-9/h8-9H,2-7H2,1H3,(H,19,25)/t9-/m1/s1. The van der Waals surface area contributed by atoms with Crippen LogP contribution in [0.3, 0.4) is 0 Å². The van der Waals surface area contributed by atoms with E-state index >= 15 is 0 Å². The van der Waals surface area contributed by atoms with Gasteiger partial charge in [0, 0.05) is 45.6 Å². The maximum absolute atomic E-state index is 12.7. The number of hydrazone groups is 1. The number of nitrogens with one attached hydrogen (secondary N) is 1. The van der Waals surface area contributed by atoms with Crippen LogP contribution in [0.25, 0.3) is 0 Å². The second-order valence-electron chi connectivity index (χ2n) is 6.27. The van der Waals surface area contributed by atoms with Crippen LogP contribution in [0.5, 0.6) is 0 Å². The van der Waals surface area contributed by atoms with E-state index in [-0.39, 0.29) is 24.2 Å². The zero-order chi connectivity index (χ0) is 18.2. The maximum Gasteiger partial charge on any atom is 0.434 e. The number of hydrogen-bond donors (Lipinski definition) is 1. The second kappa shape index (κ2) is 6.49. The fourth-order valence-corrected chi connectivity index (χ4v) is 2.99. The lowest BCUT2D eigenvalue weighted by molar-refractivity contribution is -0.141. The molecule has 0 aliphatic carbocycles. The number of amides is 2. The lowest BCUT2D eigenvalue weighted by atomic mass is 9.99. The molecule has 2 amide bonds. The molecule has 1 N–H and O–H groups in total. The summed E-state index contributed by atoms with van der Waals surface area (Å²) in [5.74, 6) is -0.0364. The molecule has 1 atom stereocenters. The average molecular weight is 357 g/mol. The summed E-state index contributed by atoms with van der Waals surface area (Å²) in [6.45, 7) is 0.720. The number of imidazole rings is 1. The van der Waals surface area contributed by atoms with E-state index in [0.29, 0.717) is 43.9 Å². The highest BCUT2D eigenvalue weighted by atomic mass is 19.4. The van der Waals surface area contributed by atoms with Gasteiger partial charge in [0.2, 0.25) is 5.91 Å². The van der Waals surface area contributed by atoms with Crippen molar-refractivity contribution in [2.75, 3.05) is 13.6 Å². The van der Waals surface area contributed by atoms with Crippen molar-refractivity contribution in [3.8, 4) is 0 Å². The minimum Gasteiger partial charge on any atom is -0.351 e. The van der Waals surface area contributed by atoms with E-state index in [1.54, 1.807) is 0 Å². The van der Waals surface area contributed by atoms with Crippen molar-refractivity contribution in [2.24, 2.45) is 11.0 Å². The number of carbonyl (C=O) groups is 2. The molecule has 2 aliphatic heterocycles. The van der Waals surface area contributed by atoms with Gasteiger partial charge < -0.3 is 9.88 Å². The van der Waals surface area contributed by atoms with Crippen LogP contribution in [0.1, 0.15) is 30.8 Å². The quantitative estimate of drug-likeness (QED) is 0.883. The van der Waals surface area contributed by atoms with E-state index < -0.39 is 11.9 Å². The van der Waals surface area contributed by atoms with E-state index in [2.05, 4.69) is 15.4 Å². The van der Waals surface area contributed by atoms with Gasteiger partial charge in [-0.2, -0.15) is 18.3 Å². The summed E-state index contributed by atoms with van der Waals surface area (Å²) in [6, 6.07) is 0. The van der Waals surface area contributed by atoms with E-state index in [9.17, 15) is 22.8 Å². The second-order valence-corrected chi connectivity index (χ2v) is 6.27. The summed E-state index contributed by atoms with van der Waals surface area (Å²) < 4.78 is 39.7. The number of fused-ring (bicyclic) bond motifs is 1. The summed E-state index contributed by atoms with van der Waals surface area (Å²) in [5.41, 5.74) is -0.586. The first kappa shape index (κ1) is 17.4. The number of rotatable bonds is 3. The number of halogens is 3. The molecule has 136 valence electrons. The Labute approximate surface area is 141 Å². The summed E-state index contributed by atoms with van der Waals surface area (Å²) in [6.07, 6.45) is -1.80. The number of hydrogen-bond acceptors (Lipinski definition) is 4. The van der Waals surface area contributed by atoms with Gasteiger partial charge in [0.25, 0.3) is 5.91 Å². The fraction of sp³-hybridized carbons (Fsp3) is 0.600. The Morgan fingerprint density at radius 3 is 2.80 bits per heavy atom. The highest BCUT2D eigenvalue weighted by Gasteiger charge is 2.35. The first-order valence-electron chi connectivity index (χ1n) is 7.99. The highest BCUT2D eigenvalue weighted by Crippen LogP contribution is 2.30. The van der Waals surface area contributed by atoms with E-state index in [1.165, 1.54) is 11.6 Å². The van der Waals surface area contributed by atoms with Gasteiger partial charge in [-0.15, -0.1) is 0 Å². The van der Waals surface area contributed by atoms with Crippen LogP contribution in [0.15, 0.2) is 11.3 Å². The van der Waals surface area contributed by atoms with Crippen molar-refractivity contribution in [3.63, 3.8) is 0 Å². The van der Waals surface area contributed by atoms with Gasteiger partial charge in [-0.05, 0) is 12.3 Å². The lowest BCUT2D eigenvalue weighted by Gasteiger charge is -2.24. The van der Waals surface area contributed by atoms with E-state index in [4.69, 9.17) is 0 Å². The summed E-state index contributed by atoms with van der Waals surface area (Å²) in [5, 5.41) is 7.85. The Morgan fingerprint density at radius 2 is 2.12 bits per heavy atom. The summed E-state index contributed by atoms with van der Waals surface area (Å²) >= 11 is 0. The van der Waals surface area contributed by atoms with Gasteiger partial charge in [-0.3, -0.25) is 9.59 Å². The molecule has 0 spiro atoms. The Balaban J connectivity index is 1.57. The van der Waals surface area contributed by atoms with Crippen LogP contribution in [-0.2, 0) is 28.7 Å². The van der Waals surface area contributed by atoms with Crippen LogP contribution in [0, 0.1) is 5.92 Å². The van der Waals surface area contributed by atoms with E-state index in [0.717, 1.165) is 11.2 Å². The Kier molecular flexibility index (Phi) is 4.53. The number of aromatic nitrogens is 2. The minimum atomic E-state index is -4.45. The molecule has 25 heavy (non-hydrogen) atoms. The predicted molar refractivity (Wildman–Crippen MR) is 81.5 cm³/mol. The molecule has 1 aromatic heterocycles. The lowest BCUT2D eigenvalue weighted by Crippen LogP contribution is -2.40. The van der Waals surface area contributed by atoms with Gasteiger partial charge in [0.1, 0.15) is 11.5 Å². The molecule has 0 bridgehead atoms. The van der Waals surface area contributed by atoms with Crippen LogP contribution in [0.4, 0.5) is 13.2 Å². The molecule has 10 heteroatoms. The van der Waals surface area contributed by atoms with Gasteiger partial charge in [-0.1, -0.05) is 0 Å². The van der Waals surface area contributed by atoms with Crippen molar-refractivity contribution < 1.29 is 22.8 Å². The number of carbonyl (C=O) groups excluding carboxylic acids is 2. The first-order chi connectivity index (χ1) is 11.7. The summed E-state index contributed by atoms with van der Waals surface area (Å²) in [4.78, 5) is 27.1. The van der Waals surface area contributed by atoms with Crippen molar-refractivity contribution in [3.05, 3.63) is 17.7 Å². The average Bonchev–Trinajstić information content (AvgIpc) is 2.98. The van der Waals surface area contributed by atoms with Gasteiger partial charge >= 0.3 is 6.18 Å². The summed E-state index contributed by atoms with van der Waals surface area (Å²) in [7, 11) is 1.49. The van der Waals surface area contributed by atoms with Gasteiger partial charge in [0.05, 0.1) is 0 Å². The Bertz CT molecular complexity index is 725. The topological polar surface area (TPSA) is 79.6 Å². The molecule has 1 aromatic rings. The SMILES string of the molecule is CN1N=C(C(=O)NC[C@H]2CCc3nc(C(F)(F)F)cn3C2)CCC1=O. The van der Waals surface area contributed by atoms with Gasteiger partial charge in [0.15, 0.2) is 5.69 Å². The minimum absolute atomic E-state index is 0.0234. The van der Waals surface area contributed by atoms with Crippen LogP contribution in [0.2, 0.25) is 0 Å². The van der Waals surface area contributed by atoms with Crippen LogP contribution < -0.4 is 5.32 Å². The van der Waals surface area contributed by atoms with Crippen molar-refractivity contribution in [2.45, 2.75) is 38.4 Å². The third kappa shape index (κ3) is 3.83. The predicted octanol–water partition coefficient (Wildman–Crippen LogP) is 1.19. The molecule has 3 heterocycles. The van der Waals surface area contributed by atoms with Crippen LogP contribution in [-0.4, -0.2) is 45.7 Å². The zero-order valence-corrected chi connectivity index (χ0v) is 13.6. The molecule has 0 radical (unpaired) electrons. The Hall–Kier alpha value is -2.39. The number of nitrogens with zero attached hydrogens (tertiary/aromatic N) is 4. The normalized spacial score (nSPS) is 21.0. The molecule has 0 fully saturated rings. The Morgan fingerprint density at radius 1 is 1.36 bits per heavy atom. The molecule has 0 saturated heterocycles. The largest absolute Gasteiger partial charge is 0.434 e. The molecule has 0 aromatic carbocycles.